The molecule has 1 saturated heterocycles. The zero-order valence-electron chi connectivity index (χ0n) is 13.0. The normalized spacial score (nSPS) is 25.5. The molecule has 1 spiro atoms. The van der Waals surface area contributed by atoms with E-state index < -0.39 is 0 Å². The van der Waals surface area contributed by atoms with Gasteiger partial charge in [-0.05, 0) is 48.3 Å². The molecule has 1 N–H and O–H groups in total. The smallest absolute Gasteiger partial charge is 0.275 e. The number of carbonyl (C=O) groups excluding carboxylic acids is 2. The van der Waals surface area contributed by atoms with Crippen LogP contribution in [0, 0.1) is 5.41 Å². The second kappa shape index (κ2) is 5.94. The van der Waals surface area contributed by atoms with Crippen molar-refractivity contribution < 1.29 is 9.59 Å². The zero-order chi connectivity index (χ0) is 16.6. The number of rotatable bonds is 3. The van der Waals surface area contributed by atoms with E-state index in [2.05, 4.69) is 19.9 Å². The van der Waals surface area contributed by atoms with Crippen molar-refractivity contribution >= 4 is 23.3 Å². The zero-order valence-corrected chi connectivity index (χ0v) is 13.8. The molecule has 2 aliphatic rings. The van der Waals surface area contributed by atoms with Crippen LogP contribution in [0.5, 0.6) is 0 Å². The van der Waals surface area contributed by atoms with E-state index in [1.54, 1.807) is 29.9 Å². The topological polar surface area (TPSA) is 88.1 Å². The van der Waals surface area contributed by atoms with Crippen molar-refractivity contribution in [1.82, 2.24) is 24.8 Å². The molecule has 0 aromatic carbocycles. The molecule has 4 rings (SSSR count). The Morgan fingerprint density at radius 1 is 1.29 bits per heavy atom. The summed E-state index contributed by atoms with van der Waals surface area (Å²) in [4.78, 5) is 30.3. The molecule has 0 unspecified atom stereocenters. The van der Waals surface area contributed by atoms with Crippen LogP contribution in [0.25, 0.3) is 0 Å². The highest BCUT2D eigenvalue weighted by atomic mass is 32.1. The molecule has 1 aliphatic carbocycles. The van der Waals surface area contributed by atoms with E-state index in [1.165, 1.54) is 11.5 Å². The third kappa shape index (κ3) is 2.77. The molecular weight excluding hydrogens is 326 g/mol. The van der Waals surface area contributed by atoms with Gasteiger partial charge in [0.15, 0.2) is 5.69 Å². The first-order chi connectivity index (χ1) is 11.7. The number of hydrogen-bond donors (Lipinski definition) is 1. The molecule has 2 fully saturated rings. The highest BCUT2D eigenvalue weighted by molar-refractivity contribution is 7.03. The Hall–Kier alpha value is -2.35. The maximum atomic E-state index is 12.3. The average Bonchev–Trinajstić information content (AvgIpc) is 3.24. The summed E-state index contributed by atoms with van der Waals surface area (Å²) in [5, 5.41) is 8.61. The molecular formula is C16H17N5O2S. The number of nitrogens with one attached hydrogen (secondary N) is 1. The largest absolute Gasteiger partial charge is 0.349 e. The number of likely N-dealkylation sites (tertiary alicyclic amines) is 1. The fourth-order valence-corrected chi connectivity index (χ4v) is 4.15. The summed E-state index contributed by atoms with van der Waals surface area (Å²) >= 11 is 1.19. The van der Waals surface area contributed by atoms with Crippen LogP contribution in [0.4, 0.5) is 0 Å². The minimum atomic E-state index is -0.0586. The Labute approximate surface area is 143 Å². The number of hydrogen-bond acceptors (Lipinski definition) is 6. The minimum absolute atomic E-state index is 0.0371. The van der Waals surface area contributed by atoms with Gasteiger partial charge in [-0.25, -0.2) is 0 Å². The van der Waals surface area contributed by atoms with Gasteiger partial charge in [-0.1, -0.05) is 4.49 Å². The summed E-state index contributed by atoms with van der Waals surface area (Å²) in [6, 6.07) is 3.60. The maximum Gasteiger partial charge on any atom is 0.275 e. The molecule has 0 radical (unpaired) electrons. The molecule has 1 aliphatic heterocycles. The van der Waals surface area contributed by atoms with E-state index >= 15 is 0 Å². The fourth-order valence-electron chi connectivity index (χ4n) is 3.72. The van der Waals surface area contributed by atoms with Crippen molar-refractivity contribution in [3.05, 3.63) is 41.2 Å². The standard InChI is InChI=1S/C16H17N5O2S/c22-14(11-1-4-17-5-2-11)18-12-7-16(8-12)3-6-21(10-16)15(23)13-9-24-20-19-13/h1-2,4-5,9,12H,3,6-8,10H2,(H,18,22). The van der Waals surface area contributed by atoms with E-state index in [9.17, 15) is 9.59 Å². The van der Waals surface area contributed by atoms with Gasteiger partial charge in [0.25, 0.3) is 11.8 Å². The Morgan fingerprint density at radius 2 is 2.08 bits per heavy atom. The van der Waals surface area contributed by atoms with Crippen LogP contribution >= 0.6 is 11.5 Å². The predicted molar refractivity (Wildman–Crippen MR) is 87.6 cm³/mol. The third-order valence-corrected chi connectivity index (χ3v) is 5.45. The second-order valence-electron chi connectivity index (χ2n) is 6.58. The monoisotopic (exact) mass is 343 g/mol. The van der Waals surface area contributed by atoms with Gasteiger partial charge in [0, 0.05) is 42.5 Å². The number of carbonyl (C=O) groups is 2. The molecule has 0 atom stereocenters. The van der Waals surface area contributed by atoms with Gasteiger partial charge in [0.2, 0.25) is 0 Å². The molecule has 3 heterocycles. The summed E-state index contributed by atoms with van der Waals surface area (Å²) in [6.07, 6.45) is 6.06. The quantitative estimate of drug-likeness (QED) is 0.909. The van der Waals surface area contributed by atoms with Crippen molar-refractivity contribution in [2.24, 2.45) is 5.41 Å². The molecule has 2 aromatic rings. The van der Waals surface area contributed by atoms with Gasteiger partial charge < -0.3 is 10.2 Å². The summed E-state index contributed by atoms with van der Waals surface area (Å²) < 4.78 is 3.75. The molecule has 8 heteroatoms. The van der Waals surface area contributed by atoms with Crippen molar-refractivity contribution in [2.45, 2.75) is 25.3 Å². The summed E-state index contributed by atoms with van der Waals surface area (Å²) in [7, 11) is 0. The van der Waals surface area contributed by atoms with Crippen molar-refractivity contribution in [3.63, 3.8) is 0 Å². The first kappa shape index (κ1) is 15.2. The number of pyridine rings is 1. The van der Waals surface area contributed by atoms with Crippen LogP contribution in [-0.2, 0) is 0 Å². The highest BCUT2D eigenvalue weighted by Crippen LogP contribution is 2.48. The van der Waals surface area contributed by atoms with Crippen LogP contribution in [0.3, 0.4) is 0 Å². The highest BCUT2D eigenvalue weighted by Gasteiger charge is 2.50. The molecule has 124 valence electrons. The van der Waals surface area contributed by atoms with E-state index in [0.29, 0.717) is 11.3 Å². The minimum Gasteiger partial charge on any atom is -0.349 e. The first-order valence-corrected chi connectivity index (χ1v) is 8.76. The fraction of sp³-hybridized carbons (Fsp3) is 0.438. The van der Waals surface area contributed by atoms with Crippen LogP contribution in [0.2, 0.25) is 0 Å². The van der Waals surface area contributed by atoms with Crippen molar-refractivity contribution in [3.8, 4) is 0 Å². The average molecular weight is 343 g/mol. The van der Waals surface area contributed by atoms with Gasteiger partial charge in [-0.2, -0.15) is 0 Å². The van der Waals surface area contributed by atoms with E-state index in [0.717, 1.165) is 32.4 Å². The van der Waals surface area contributed by atoms with E-state index in [-0.39, 0.29) is 23.3 Å². The molecule has 7 nitrogen and oxygen atoms in total. The van der Waals surface area contributed by atoms with Gasteiger partial charge in [0.1, 0.15) is 0 Å². The molecule has 1 saturated carbocycles. The molecule has 24 heavy (non-hydrogen) atoms. The predicted octanol–water partition coefficient (Wildman–Crippen LogP) is 1.36. The second-order valence-corrected chi connectivity index (χ2v) is 7.19. The lowest BCUT2D eigenvalue weighted by atomic mass is 9.65. The Bertz CT molecular complexity index is 743. The van der Waals surface area contributed by atoms with E-state index in [1.807, 2.05) is 4.90 Å². The third-order valence-electron chi connectivity index (χ3n) is 4.94. The Balaban J connectivity index is 1.31. The van der Waals surface area contributed by atoms with Crippen LogP contribution in [0.15, 0.2) is 29.9 Å². The number of aromatic nitrogens is 3. The summed E-state index contributed by atoms with van der Waals surface area (Å²) in [5.41, 5.74) is 1.21. The Kier molecular flexibility index (Phi) is 3.76. The van der Waals surface area contributed by atoms with Gasteiger partial charge in [-0.3, -0.25) is 14.6 Å². The maximum absolute atomic E-state index is 12.3. The van der Waals surface area contributed by atoms with Gasteiger partial charge >= 0.3 is 0 Å². The molecule has 2 aromatic heterocycles. The lowest BCUT2D eigenvalue weighted by Gasteiger charge is -2.45. The van der Waals surface area contributed by atoms with Crippen LogP contribution in [-0.4, -0.2) is 50.4 Å². The molecule has 0 bridgehead atoms. The van der Waals surface area contributed by atoms with Crippen molar-refractivity contribution in [1.29, 1.82) is 0 Å². The lowest BCUT2D eigenvalue weighted by Crippen LogP contribution is -2.52. The van der Waals surface area contributed by atoms with Crippen LogP contribution < -0.4 is 5.32 Å². The van der Waals surface area contributed by atoms with Gasteiger partial charge in [-0.15, -0.1) is 5.10 Å². The van der Waals surface area contributed by atoms with E-state index in [4.69, 9.17) is 0 Å². The molecule has 2 amide bonds. The van der Waals surface area contributed by atoms with Gasteiger partial charge in [0.05, 0.1) is 0 Å². The first-order valence-electron chi connectivity index (χ1n) is 7.92. The summed E-state index contributed by atoms with van der Waals surface area (Å²) in [5.74, 6) is -0.0957. The Morgan fingerprint density at radius 3 is 2.79 bits per heavy atom. The summed E-state index contributed by atoms with van der Waals surface area (Å²) in [6.45, 7) is 1.49. The van der Waals surface area contributed by atoms with Crippen molar-refractivity contribution in [2.75, 3.05) is 13.1 Å². The number of nitrogens with zero attached hydrogens (tertiary/aromatic N) is 4. The number of amides is 2. The van der Waals surface area contributed by atoms with Crippen LogP contribution in [0.1, 0.15) is 40.1 Å². The lowest BCUT2D eigenvalue weighted by molar-refractivity contribution is 0.0607. The SMILES string of the molecule is O=C(NC1CC2(CCN(C(=O)c3csnn3)C2)C1)c1ccncc1.